The minimum atomic E-state index is -0.446. The van der Waals surface area contributed by atoms with Crippen molar-refractivity contribution in [3.63, 3.8) is 0 Å². The zero-order valence-corrected chi connectivity index (χ0v) is 13.0. The fourth-order valence-electron chi connectivity index (χ4n) is 3.03. The molecule has 1 heterocycles. The maximum absolute atomic E-state index is 12.1. The van der Waals surface area contributed by atoms with Crippen molar-refractivity contribution in [2.45, 2.75) is 57.5 Å². The number of methoxy groups -OCH3 is 2. The van der Waals surface area contributed by atoms with Crippen LogP contribution in [0, 0.1) is 5.92 Å². The largest absolute Gasteiger partial charge is 0.468 e. The second kappa shape index (κ2) is 7.54. The van der Waals surface area contributed by atoms with E-state index in [1.54, 1.807) is 7.11 Å². The van der Waals surface area contributed by atoms with E-state index in [0.717, 1.165) is 38.5 Å². The van der Waals surface area contributed by atoms with Gasteiger partial charge >= 0.3 is 5.97 Å². The summed E-state index contributed by atoms with van der Waals surface area (Å²) in [7, 11) is 3.03. The summed E-state index contributed by atoms with van der Waals surface area (Å²) in [6.45, 7) is 2.07. The van der Waals surface area contributed by atoms with Gasteiger partial charge in [0.15, 0.2) is 0 Å². The summed E-state index contributed by atoms with van der Waals surface area (Å²) in [5.74, 6) is 0.375. The van der Waals surface area contributed by atoms with E-state index in [9.17, 15) is 4.79 Å². The lowest BCUT2D eigenvalue weighted by molar-refractivity contribution is -0.144. The number of nitrogens with zero attached hydrogens (tertiary/aromatic N) is 2. The molecule has 1 saturated carbocycles. The van der Waals surface area contributed by atoms with E-state index in [1.807, 2.05) is 0 Å². The number of ether oxygens (including phenoxy) is 2. The van der Waals surface area contributed by atoms with Gasteiger partial charge in [0.05, 0.1) is 7.11 Å². The molecule has 2 unspecified atom stereocenters. The number of rotatable bonds is 7. The Balaban J connectivity index is 2.20. The Bertz CT molecular complexity index is 454. The molecule has 0 spiro atoms. The molecule has 6 heteroatoms. The SMILES string of the molecule is CCCC(OC)c1noc(C(C(=O)OC)C2CCCC2)n1. The minimum absolute atomic E-state index is 0.186. The van der Waals surface area contributed by atoms with Gasteiger partial charge in [-0.2, -0.15) is 4.98 Å². The lowest BCUT2D eigenvalue weighted by atomic mass is 9.91. The molecule has 0 bridgehead atoms. The van der Waals surface area contributed by atoms with E-state index < -0.39 is 5.92 Å². The quantitative estimate of drug-likeness (QED) is 0.720. The van der Waals surface area contributed by atoms with Gasteiger partial charge in [-0.05, 0) is 25.2 Å². The van der Waals surface area contributed by atoms with Crippen LogP contribution in [0.4, 0.5) is 0 Å². The van der Waals surface area contributed by atoms with Gasteiger partial charge in [0.2, 0.25) is 11.7 Å². The van der Waals surface area contributed by atoms with Crippen molar-refractivity contribution in [3.05, 3.63) is 11.7 Å². The lowest BCUT2D eigenvalue weighted by Gasteiger charge is -2.16. The molecule has 0 N–H and O–H groups in total. The molecule has 1 aromatic rings. The predicted molar refractivity (Wildman–Crippen MR) is 75.7 cm³/mol. The standard InChI is InChI=1S/C15H24N2O4/c1-4-7-11(19-2)13-16-14(21-17-13)12(15(18)20-3)10-8-5-6-9-10/h10-12H,4-9H2,1-3H3. The van der Waals surface area contributed by atoms with Crippen LogP contribution in [-0.4, -0.2) is 30.3 Å². The van der Waals surface area contributed by atoms with Crippen molar-refractivity contribution in [3.8, 4) is 0 Å². The topological polar surface area (TPSA) is 74.5 Å². The fraction of sp³-hybridized carbons (Fsp3) is 0.800. The monoisotopic (exact) mass is 296 g/mol. The van der Waals surface area contributed by atoms with E-state index in [2.05, 4.69) is 17.1 Å². The molecule has 0 amide bonds. The van der Waals surface area contributed by atoms with Crippen LogP contribution in [0.15, 0.2) is 4.52 Å². The molecule has 1 aliphatic carbocycles. The summed E-state index contributed by atoms with van der Waals surface area (Å²) in [5.41, 5.74) is 0. The van der Waals surface area contributed by atoms with Crippen LogP contribution in [0.1, 0.15) is 69.2 Å². The normalized spacial score (nSPS) is 18.6. The maximum Gasteiger partial charge on any atom is 0.318 e. The molecule has 0 saturated heterocycles. The number of hydrogen-bond acceptors (Lipinski definition) is 6. The second-order valence-corrected chi connectivity index (χ2v) is 5.55. The Morgan fingerprint density at radius 1 is 1.38 bits per heavy atom. The van der Waals surface area contributed by atoms with Crippen LogP contribution in [0.25, 0.3) is 0 Å². The second-order valence-electron chi connectivity index (χ2n) is 5.55. The van der Waals surface area contributed by atoms with Gasteiger partial charge < -0.3 is 14.0 Å². The van der Waals surface area contributed by atoms with Crippen molar-refractivity contribution in [1.82, 2.24) is 10.1 Å². The average molecular weight is 296 g/mol. The summed E-state index contributed by atoms with van der Waals surface area (Å²) in [4.78, 5) is 16.5. The zero-order chi connectivity index (χ0) is 15.2. The van der Waals surface area contributed by atoms with E-state index in [-0.39, 0.29) is 18.0 Å². The van der Waals surface area contributed by atoms with Gasteiger partial charge in [-0.15, -0.1) is 0 Å². The molecule has 6 nitrogen and oxygen atoms in total. The van der Waals surface area contributed by atoms with E-state index in [1.165, 1.54) is 7.11 Å². The van der Waals surface area contributed by atoms with Crippen molar-refractivity contribution >= 4 is 5.97 Å². The van der Waals surface area contributed by atoms with Crippen LogP contribution in [0.3, 0.4) is 0 Å². The number of hydrogen-bond donors (Lipinski definition) is 0. The van der Waals surface area contributed by atoms with Crippen molar-refractivity contribution in [2.75, 3.05) is 14.2 Å². The van der Waals surface area contributed by atoms with Crippen LogP contribution in [-0.2, 0) is 14.3 Å². The summed E-state index contributed by atoms with van der Waals surface area (Å²) < 4.78 is 15.7. The van der Waals surface area contributed by atoms with Crippen LogP contribution in [0.2, 0.25) is 0 Å². The molecule has 1 aromatic heterocycles. The fourth-order valence-corrected chi connectivity index (χ4v) is 3.03. The first-order valence-electron chi connectivity index (χ1n) is 7.65. The molecule has 2 rings (SSSR count). The first kappa shape index (κ1) is 15.9. The summed E-state index contributed by atoms with van der Waals surface area (Å²) in [5, 5.41) is 4.00. The Morgan fingerprint density at radius 3 is 2.67 bits per heavy atom. The van der Waals surface area contributed by atoms with Crippen LogP contribution < -0.4 is 0 Å². The minimum Gasteiger partial charge on any atom is -0.468 e. The van der Waals surface area contributed by atoms with Crippen molar-refractivity contribution in [1.29, 1.82) is 0 Å². The summed E-state index contributed by atoms with van der Waals surface area (Å²) >= 11 is 0. The average Bonchev–Trinajstić information content (AvgIpc) is 3.17. The smallest absolute Gasteiger partial charge is 0.318 e. The third-order valence-electron chi connectivity index (χ3n) is 4.17. The van der Waals surface area contributed by atoms with Crippen LogP contribution in [0.5, 0.6) is 0 Å². The highest BCUT2D eigenvalue weighted by atomic mass is 16.5. The lowest BCUT2D eigenvalue weighted by Crippen LogP contribution is -2.22. The van der Waals surface area contributed by atoms with Gasteiger partial charge in [-0.1, -0.05) is 31.3 Å². The van der Waals surface area contributed by atoms with Gasteiger partial charge in [-0.3, -0.25) is 4.79 Å². The van der Waals surface area contributed by atoms with Gasteiger partial charge in [-0.25, -0.2) is 0 Å². The summed E-state index contributed by atoms with van der Waals surface area (Å²) in [6, 6.07) is 0. The Morgan fingerprint density at radius 2 is 2.10 bits per heavy atom. The molecular formula is C15H24N2O4. The van der Waals surface area contributed by atoms with Crippen molar-refractivity contribution < 1.29 is 18.8 Å². The highest BCUT2D eigenvalue weighted by Crippen LogP contribution is 2.38. The molecule has 1 fully saturated rings. The first-order valence-corrected chi connectivity index (χ1v) is 7.65. The number of aromatic nitrogens is 2. The third-order valence-corrected chi connectivity index (χ3v) is 4.17. The van der Waals surface area contributed by atoms with Crippen LogP contribution >= 0.6 is 0 Å². The van der Waals surface area contributed by atoms with E-state index >= 15 is 0 Å². The highest BCUT2D eigenvalue weighted by Gasteiger charge is 2.37. The van der Waals surface area contributed by atoms with E-state index in [0.29, 0.717) is 11.7 Å². The molecule has 0 aliphatic heterocycles. The Kier molecular flexibility index (Phi) is 5.73. The van der Waals surface area contributed by atoms with Gasteiger partial charge in [0.25, 0.3) is 0 Å². The molecule has 2 atom stereocenters. The molecule has 1 aliphatic rings. The van der Waals surface area contributed by atoms with Gasteiger partial charge in [0, 0.05) is 7.11 Å². The Hall–Kier alpha value is -1.43. The third kappa shape index (κ3) is 3.61. The molecule has 21 heavy (non-hydrogen) atoms. The molecule has 0 radical (unpaired) electrons. The maximum atomic E-state index is 12.1. The Labute approximate surface area is 125 Å². The number of carbonyl (C=O) groups is 1. The molecule has 0 aromatic carbocycles. The highest BCUT2D eigenvalue weighted by molar-refractivity contribution is 5.77. The zero-order valence-electron chi connectivity index (χ0n) is 13.0. The first-order chi connectivity index (χ1) is 10.2. The van der Waals surface area contributed by atoms with E-state index in [4.69, 9.17) is 14.0 Å². The summed E-state index contributed by atoms with van der Waals surface area (Å²) in [6.07, 6.45) is 5.87. The van der Waals surface area contributed by atoms with Gasteiger partial charge in [0.1, 0.15) is 12.0 Å². The van der Waals surface area contributed by atoms with Crippen molar-refractivity contribution in [2.24, 2.45) is 5.92 Å². The number of esters is 1. The number of carbonyl (C=O) groups excluding carboxylic acids is 1. The molecule has 118 valence electrons. The molecular weight excluding hydrogens is 272 g/mol. The predicted octanol–water partition coefficient (Wildman–Crippen LogP) is 3.00.